The first-order chi connectivity index (χ1) is 13.6. The molecule has 0 unspecified atom stereocenters. The molecule has 0 aromatic heterocycles. The summed E-state index contributed by atoms with van der Waals surface area (Å²) in [5, 5.41) is 5.35. The molecule has 1 heterocycles. The van der Waals surface area contributed by atoms with Crippen molar-refractivity contribution in [3.63, 3.8) is 0 Å². The molecule has 0 saturated carbocycles. The van der Waals surface area contributed by atoms with Gasteiger partial charge in [-0.15, -0.1) is 0 Å². The number of nitrogens with zero attached hydrogens (tertiary/aromatic N) is 1. The van der Waals surface area contributed by atoms with Gasteiger partial charge in [-0.3, -0.25) is 14.4 Å². The number of benzene rings is 1. The number of sulfonamides is 1. The van der Waals surface area contributed by atoms with Crippen LogP contribution in [0.5, 0.6) is 0 Å². The molecule has 1 aromatic carbocycles. The summed E-state index contributed by atoms with van der Waals surface area (Å²) < 4.78 is 31.3. The lowest BCUT2D eigenvalue weighted by Crippen LogP contribution is -2.51. The fourth-order valence-electron chi connectivity index (χ4n) is 2.91. The number of rotatable bonds is 7. The maximum Gasteiger partial charge on any atom is 0.325 e. The lowest BCUT2D eigenvalue weighted by atomic mass is 9.98. The summed E-state index contributed by atoms with van der Waals surface area (Å²) in [6.45, 7) is 1.51. The second-order valence-electron chi connectivity index (χ2n) is 6.68. The highest BCUT2D eigenvalue weighted by atomic mass is 35.5. The van der Waals surface area contributed by atoms with Crippen LogP contribution in [0.15, 0.2) is 29.2 Å². The topological polar surface area (TPSA) is 122 Å². The van der Waals surface area contributed by atoms with Gasteiger partial charge >= 0.3 is 5.97 Å². The Balaban J connectivity index is 1.97. The number of ether oxygens (including phenoxy) is 1. The van der Waals surface area contributed by atoms with Gasteiger partial charge in [0.05, 0.1) is 17.9 Å². The van der Waals surface area contributed by atoms with Gasteiger partial charge in [0.15, 0.2) is 0 Å². The molecule has 1 aliphatic rings. The molecule has 2 amide bonds. The van der Waals surface area contributed by atoms with Crippen molar-refractivity contribution in [1.82, 2.24) is 14.9 Å². The molecule has 2 atom stereocenters. The largest absolute Gasteiger partial charge is 0.468 e. The zero-order valence-corrected chi connectivity index (χ0v) is 17.8. The van der Waals surface area contributed by atoms with E-state index in [2.05, 4.69) is 15.4 Å². The lowest BCUT2D eigenvalue weighted by Gasteiger charge is -2.31. The van der Waals surface area contributed by atoms with E-state index in [0.29, 0.717) is 24.4 Å². The highest BCUT2D eigenvalue weighted by molar-refractivity contribution is 7.89. The molecule has 2 rings (SSSR count). The number of carbonyl (C=O) groups excluding carboxylic acids is 3. The molecular formula is C18H24ClN3O6S. The summed E-state index contributed by atoms with van der Waals surface area (Å²) in [7, 11) is -2.55. The van der Waals surface area contributed by atoms with Crippen molar-refractivity contribution < 1.29 is 27.5 Å². The van der Waals surface area contributed by atoms with Gasteiger partial charge in [0.2, 0.25) is 21.8 Å². The molecule has 1 saturated heterocycles. The van der Waals surface area contributed by atoms with Crippen LogP contribution in [0.2, 0.25) is 5.02 Å². The van der Waals surface area contributed by atoms with Crippen molar-refractivity contribution in [3.05, 3.63) is 29.3 Å². The monoisotopic (exact) mass is 445 g/mol. The molecule has 160 valence electrons. The van der Waals surface area contributed by atoms with Crippen LogP contribution in [0.3, 0.4) is 0 Å². The number of methoxy groups -OCH3 is 1. The van der Waals surface area contributed by atoms with Gasteiger partial charge in [0.1, 0.15) is 12.6 Å². The fourth-order valence-corrected chi connectivity index (χ4v) is 4.56. The average Bonchev–Trinajstić information content (AvgIpc) is 2.71. The normalized spacial score (nSPS) is 18.5. The van der Waals surface area contributed by atoms with Crippen LogP contribution in [0.25, 0.3) is 0 Å². The summed E-state index contributed by atoms with van der Waals surface area (Å²) in [5.41, 5.74) is 0. The van der Waals surface area contributed by atoms with Crippen LogP contribution in [0.4, 0.5) is 0 Å². The molecule has 2 N–H and O–H groups in total. The van der Waals surface area contributed by atoms with Gasteiger partial charge in [0, 0.05) is 18.1 Å². The highest BCUT2D eigenvalue weighted by Crippen LogP contribution is 2.25. The van der Waals surface area contributed by atoms with E-state index >= 15 is 0 Å². The Bertz CT molecular complexity index is 859. The Morgan fingerprint density at radius 1 is 1.28 bits per heavy atom. The van der Waals surface area contributed by atoms with Crippen molar-refractivity contribution >= 4 is 39.4 Å². The minimum Gasteiger partial charge on any atom is -0.468 e. The van der Waals surface area contributed by atoms with Gasteiger partial charge in [-0.1, -0.05) is 11.6 Å². The van der Waals surface area contributed by atoms with E-state index in [0.717, 1.165) is 0 Å². The second kappa shape index (κ2) is 10.0. The van der Waals surface area contributed by atoms with Crippen molar-refractivity contribution in [3.8, 4) is 0 Å². The van der Waals surface area contributed by atoms with Gasteiger partial charge in [-0.25, -0.2) is 8.42 Å². The first-order valence-electron chi connectivity index (χ1n) is 9.05. The fraction of sp³-hybridized carbons (Fsp3) is 0.500. The van der Waals surface area contributed by atoms with Crippen LogP contribution < -0.4 is 10.6 Å². The van der Waals surface area contributed by atoms with E-state index in [-0.39, 0.29) is 18.0 Å². The molecule has 29 heavy (non-hydrogen) atoms. The lowest BCUT2D eigenvalue weighted by molar-refractivity contribution is -0.141. The second-order valence-corrected chi connectivity index (χ2v) is 9.05. The van der Waals surface area contributed by atoms with E-state index in [1.807, 2.05) is 0 Å². The molecule has 0 radical (unpaired) electrons. The number of hydrogen-bond acceptors (Lipinski definition) is 6. The summed E-state index contributed by atoms with van der Waals surface area (Å²) in [5.74, 6) is -2.14. The predicted molar refractivity (Wildman–Crippen MR) is 106 cm³/mol. The van der Waals surface area contributed by atoms with Crippen molar-refractivity contribution in [2.75, 3.05) is 26.7 Å². The van der Waals surface area contributed by atoms with Crippen LogP contribution in [0, 0.1) is 5.92 Å². The number of esters is 1. The third-order valence-electron chi connectivity index (χ3n) is 4.59. The third-order valence-corrected chi connectivity index (χ3v) is 6.72. The third kappa shape index (κ3) is 6.15. The van der Waals surface area contributed by atoms with Crippen LogP contribution in [-0.2, 0) is 29.1 Å². The Morgan fingerprint density at radius 3 is 2.55 bits per heavy atom. The van der Waals surface area contributed by atoms with E-state index in [4.69, 9.17) is 11.6 Å². The van der Waals surface area contributed by atoms with E-state index in [9.17, 15) is 22.8 Å². The van der Waals surface area contributed by atoms with Crippen LogP contribution in [-0.4, -0.2) is 63.3 Å². The van der Waals surface area contributed by atoms with E-state index in [1.54, 1.807) is 0 Å². The minimum absolute atomic E-state index is 0.0211. The Morgan fingerprint density at radius 2 is 1.93 bits per heavy atom. The van der Waals surface area contributed by atoms with Gasteiger partial charge < -0.3 is 15.4 Å². The van der Waals surface area contributed by atoms with Gasteiger partial charge in [0.25, 0.3) is 0 Å². The number of carbonyl (C=O) groups is 3. The van der Waals surface area contributed by atoms with Gasteiger partial charge in [-0.2, -0.15) is 4.31 Å². The van der Waals surface area contributed by atoms with E-state index < -0.39 is 39.8 Å². The molecule has 0 spiro atoms. The molecule has 0 aliphatic carbocycles. The van der Waals surface area contributed by atoms with Crippen molar-refractivity contribution in [1.29, 1.82) is 0 Å². The summed E-state index contributed by atoms with van der Waals surface area (Å²) in [6, 6.07) is 4.97. The Labute approximate surface area is 174 Å². The minimum atomic E-state index is -3.75. The van der Waals surface area contributed by atoms with Crippen LogP contribution >= 0.6 is 11.6 Å². The number of amides is 2. The maximum absolute atomic E-state index is 12.8. The molecule has 9 nitrogen and oxygen atoms in total. The maximum atomic E-state index is 12.8. The van der Waals surface area contributed by atoms with Crippen LogP contribution in [0.1, 0.15) is 19.8 Å². The standard InChI is InChI=1S/C18H24ClN3O6S/c1-12(17(24)20-10-16(23)28-2)21-18(25)13-4-3-9-22(11-13)29(26,27)15-7-5-14(19)6-8-15/h5-8,12-13H,3-4,9-11H2,1-2H3,(H,20,24)(H,21,25)/t12-,13-/m1/s1. The first-order valence-corrected chi connectivity index (χ1v) is 10.9. The smallest absolute Gasteiger partial charge is 0.325 e. The number of halogens is 1. The molecular weight excluding hydrogens is 422 g/mol. The highest BCUT2D eigenvalue weighted by Gasteiger charge is 2.34. The number of piperidine rings is 1. The zero-order chi connectivity index (χ0) is 21.6. The molecule has 1 fully saturated rings. The predicted octanol–water partition coefficient (Wildman–Crippen LogP) is 0.535. The molecule has 1 aliphatic heterocycles. The van der Waals surface area contributed by atoms with Crippen molar-refractivity contribution in [2.45, 2.75) is 30.7 Å². The number of nitrogens with one attached hydrogen (secondary N) is 2. The molecule has 0 bridgehead atoms. The Hall–Kier alpha value is -2.17. The summed E-state index contributed by atoms with van der Waals surface area (Å²) >= 11 is 5.81. The number of hydrogen-bond donors (Lipinski definition) is 2. The quantitative estimate of drug-likeness (QED) is 0.590. The summed E-state index contributed by atoms with van der Waals surface area (Å²) in [6.07, 6.45) is 1.03. The van der Waals surface area contributed by atoms with Crippen molar-refractivity contribution in [2.24, 2.45) is 5.92 Å². The average molecular weight is 446 g/mol. The van der Waals surface area contributed by atoms with E-state index in [1.165, 1.54) is 42.6 Å². The SMILES string of the molecule is COC(=O)CNC(=O)[C@@H](C)NC(=O)[C@@H]1CCCN(S(=O)(=O)c2ccc(Cl)cc2)C1. The van der Waals surface area contributed by atoms with Gasteiger partial charge in [-0.05, 0) is 44.0 Å². The zero-order valence-electron chi connectivity index (χ0n) is 16.2. The Kier molecular flexibility index (Phi) is 8.00. The first kappa shape index (κ1) is 23.1. The summed E-state index contributed by atoms with van der Waals surface area (Å²) in [4.78, 5) is 35.7. The molecule has 11 heteroatoms. The molecule has 1 aromatic rings.